The van der Waals surface area contributed by atoms with E-state index in [1.807, 2.05) is 0 Å². The molecule has 0 saturated heterocycles. The summed E-state index contributed by atoms with van der Waals surface area (Å²) in [6.07, 6.45) is -0.181. The molecule has 0 radical (unpaired) electrons. The minimum atomic E-state index is -3.08. The number of carbonyl (C=O) groups is 1. The number of hydrogen-bond donors (Lipinski definition) is 0. The van der Waals surface area contributed by atoms with E-state index in [0.717, 1.165) is 12.1 Å². The average Bonchev–Trinajstić information content (AvgIpc) is 2.31. The molecule has 0 fully saturated rings. The van der Waals surface area contributed by atoms with Crippen LogP contribution in [0.2, 0.25) is 0 Å². The first-order chi connectivity index (χ1) is 9.02. The van der Waals surface area contributed by atoms with Crippen LogP contribution in [0.5, 0.6) is 5.75 Å². The largest absolute Gasteiger partial charge is 0.465 e. The second-order valence-corrected chi connectivity index (χ2v) is 3.30. The molecule has 19 heavy (non-hydrogen) atoms. The van der Waals surface area contributed by atoms with Crippen LogP contribution >= 0.6 is 0 Å². The van der Waals surface area contributed by atoms with E-state index in [2.05, 4.69) is 21.3 Å². The molecule has 0 aromatic heterocycles. The van der Waals surface area contributed by atoms with Gasteiger partial charge in [-0.2, -0.15) is 8.78 Å². The van der Waals surface area contributed by atoms with Crippen molar-refractivity contribution in [3.63, 3.8) is 0 Å². The fourth-order valence-corrected chi connectivity index (χ4v) is 1.22. The molecule has 0 aliphatic rings. The number of carbonyl (C=O) groups excluding carboxylic acids is 1. The van der Waals surface area contributed by atoms with Crippen LogP contribution in [-0.2, 0) is 9.53 Å². The van der Waals surface area contributed by atoms with Crippen molar-refractivity contribution in [2.45, 2.75) is 20.0 Å². The minimum absolute atomic E-state index is 0.0750. The molecule has 0 bridgehead atoms. The normalized spacial score (nSPS) is 9.74. The summed E-state index contributed by atoms with van der Waals surface area (Å²) in [5.74, 6) is 3.30. The van der Waals surface area contributed by atoms with Crippen LogP contribution in [0.3, 0.4) is 0 Å². The van der Waals surface area contributed by atoms with Crippen molar-refractivity contribution >= 4 is 5.97 Å². The number of alkyl halides is 2. The summed E-state index contributed by atoms with van der Waals surface area (Å²) in [6.45, 7) is -1.19. The van der Waals surface area contributed by atoms with Gasteiger partial charge in [-0.05, 0) is 19.1 Å². The average molecular weight is 272 g/mol. The monoisotopic (exact) mass is 272 g/mol. The van der Waals surface area contributed by atoms with Gasteiger partial charge in [0.15, 0.2) is 0 Å². The Hall–Kier alpha value is -2.16. The highest BCUT2D eigenvalue weighted by molar-refractivity contribution is 5.72. The summed E-state index contributed by atoms with van der Waals surface area (Å²) >= 11 is 0. The number of hydrogen-bond acceptors (Lipinski definition) is 3. The third-order valence-electron chi connectivity index (χ3n) is 1.92. The van der Waals surface area contributed by atoms with Crippen molar-refractivity contribution < 1.29 is 27.4 Å². The molecule has 0 heterocycles. The van der Waals surface area contributed by atoms with Crippen LogP contribution in [0, 0.1) is 17.7 Å². The van der Waals surface area contributed by atoms with Crippen LogP contribution < -0.4 is 4.74 Å². The Morgan fingerprint density at radius 2 is 2.16 bits per heavy atom. The Kier molecular flexibility index (Phi) is 5.73. The molecule has 1 rings (SSSR count). The zero-order valence-electron chi connectivity index (χ0n) is 10.1. The van der Waals surface area contributed by atoms with Gasteiger partial charge in [0.05, 0.1) is 12.2 Å². The molecule has 3 nitrogen and oxygen atoms in total. The molecule has 1 aromatic carbocycles. The first kappa shape index (κ1) is 14.9. The second kappa shape index (κ2) is 7.31. The summed E-state index contributed by atoms with van der Waals surface area (Å²) in [5, 5.41) is 0. The molecule has 1 aromatic rings. The third-order valence-corrected chi connectivity index (χ3v) is 1.92. The van der Waals surface area contributed by atoms with Gasteiger partial charge in [0, 0.05) is 6.07 Å². The number of benzene rings is 1. The highest BCUT2D eigenvalue weighted by Crippen LogP contribution is 2.21. The van der Waals surface area contributed by atoms with Gasteiger partial charge in [-0.25, -0.2) is 4.39 Å². The maximum absolute atomic E-state index is 12.9. The van der Waals surface area contributed by atoms with Gasteiger partial charge < -0.3 is 9.47 Å². The van der Waals surface area contributed by atoms with Gasteiger partial charge in [-0.3, -0.25) is 4.79 Å². The lowest BCUT2D eigenvalue weighted by molar-refractivity contribution is -0.141. The highest BCUT2D eigenvalue weighted by atomic mass is 19.3. The second-order valence-electron chi connectivity index (χ2n) is 3.30. The van der Waals surface area contributed by atoms with E-state index in [4.69, 9.17) is 0 Å². The minimum Gasteiger partial charge on any atom is -0.465 e. The lowest BCUT2D eigenvalue weighted by Crippen LogP contribution is -2.04. The highest BCUT2D eigenvalue weighted by Gasteiger charge is 2.09. The number of halogens is 3. The predicted octanol–water partition coefficient (Wildman–Crippen LogP) is 2.73. The lowest BCUT2D eigenvalue weighted by Gasteiger charge is -2.06. The molecular weight excluding hydrogens is 261 g/mol. The Labute approximate surface area is 108 Å². The Morgan fingerprint density at radius 3 is 2.79 bits per heavy atom. The molecule has 0 spiro atoms. The topological polar surface area (TPSA) is 35.5 Å². The molecule has 0 aliphatic carbocycles. The standard InChI is InChI=1S/C13H11F3O3/c1-2-18-12(17)5-3-4-9-6-7-10(14)8-11(9)19-13(15)16/h6-8,13H,2,5H2,1H3. The summed E-state index contributed by atoms with van der Waals surface area (Å²) in [5.41, 5.74) is 0.0750. The molecule has 0 saturated carbocycles. The van der Waals surface area contributed by atoms with Crippen LogP contribution in [0.15, 0.2) is 18.2 Å². The van der Waals surface area contributed by atoms with Crippen LogP contribution in [0.1, 0.15) is 18.9 Å². The van der Waals surface area contributed by atoms with E-state index >= 15 is 0 Å². The Balaban J connectivity index is 2.82. The maximum Gasteiger partial charge on any atom is 0.387 e. The van der Waals surface area contributed by atoms with E-state index in [0.29, 0.717) is 0 Å². The molecule has 0 aliphatic heterocycles. The maximum atomic E-state index is 12.9. The Bertz CT molecular complexity index is 504. The van der Waals surface area contributed by atoms with Gasteiger partial charge in [0.1, 0.15) is 18.0 Å². The third kappa shape index (κ3) is 5.34. The van der Waals surface area contributed by atoms with Crippen molar-refractivity contribution in [2.75, 3.05) is 6.61 Å². The van der Waals surface area contributed by atoms with Crippen molar-refractivity contribution in [3.05, 3.63) is 29.6 Å². The molecule has 0 atom stereocenters. The van der Waals surface area contributed by atoms with Gasteiger partial charge in [0.2, 0.25) is 0 Å². The molecule has 0 N–H and O–H groups in total. The van der Waals surface area contributed by atoms with Gasteiger partial charge in [-0.15, -0.1) is 0 Å². The molecule has 0 unspecified atom stereocenters. The predicted molar refractivity (Wildman–Crippen MR) is 61.2 cm³/mol. The fraction of sp³-hybridized carbons (Fsp3) is 0.308. The van der Waals surface area contributed by atoms with E-state index in [1.54, 1.807) is 6.92 Å². The van der Waals surface area contributed by atoms with Gasteiger partial charge >= 0.3 is 12.6 Å². The Morgan fingerprint density at radius 1 is 1.42 bits per heavy atom. The van der Waals surface area contributed by atoms with Crippen molar-refractivity contribution in [2.24, 2.45) is 0 Å². The van der Waals surface area contributed by atoms with E-state index in [-0.39, 0.29) is 24.3 Å². The van der Waals surface area contributed by atoms with Crippen LogP contribution in [0.25, 0.3) is 0 Å². The number of esters is 1. The molecule has 6 heteroatoms. The summed E-state index contributed by atoms with van der Waals surface area (Å²) in [4.78, 5) is 11.0. The summed E-state index contributed by atoms with van der Waals surface area (Å²) < 4.78 is 45.9. The van der Waals surface area contributed by atoms with Crippen molar-refractivity contribution in [1.82, 2.24) is 0 Å². The van der Waals surface area contributed by atoms with E-state index in [1.165, 1.54) is 6.07 Å². The summed E-state index contributed by atoms with van der Waals surface area (Å²) in [6, 6.07) is 3.07. The van der Waals surface area contributed by atoms with Crippen molar-refractivity contribution in [3.8, 4) is 17.6 Å². The van der Waals surface area contributed by atoms with Crippen LogP contribution in [-0.4, -0.2) is 19.2 Å². The number of rotatable bonds is 4. The van der Waals surface area contributed by atoms with Crippen LogP contribution in [0.4, 0.5) is 13.2 Å². The van der Waals surface area contributed by atoms with Crippen molar-refractivity contribution in [1.29, 1.82) is 0 Å². The van der Waals surface area contributed by atoms with Gasteiger partial charge in [-0.1, -0.05) is 11.8 Å². The quantitative estimate of drug-likeness (QED) is 0.624. The zero-order valence-corrected chi connectivity index (χ0v) is 10.1. The zero-order chi connectivity index (χ0) is 14.3. The first-order valence-corrected chi connectivity index (χ1v) is 5.41. The van der Waals surface area contributed by atoms with Gasteiger partial charge in [0.25, 0.3) is 0 Å². The smallest absolute Gasteiger partial charge is 0.387 e. The molecular formula is C13H11F3O3. The number of ether oxygens (including phenoxy) is 2. The molecule has 0 amide bonds. The SMILES string of the molecule is CCOC(=O)CC#Cc1ccc(F)cc1OC(F)F. The van der Waals surface area contributed by atoms with E-state index < -0.39 is 18.4 Å². The van der Waals surface area contributed by atoms with E-state index in [9.17, 15) is 18.0 Å². The fourth-order valence-electron chi connectivity index (χ4n) is 1.22. The lowest BCUT2D eigenvalue weighted by atomic mass is 10.2. The first-order valence-electron chi connectivity index (χ1n) is 5.41. The summed E-state index contributed by atoms with van der Waals surface area (Å²) in [7, 11) is 0. The molecule has 102 valence electrons.